The number of fused-ring (bicyclic) bond motifs is 1. The number of likely N-dealkylation sites (tertiary alicyclic amines) is 1. The highest BCUT2D eigenvalue weighted by molar-refractivity contribution is 5.89. The predicted molar refractivity (Wildman–Crippen MR) is 128 cm³/mol. The Labute approximate surface area is 201 Å². The second kappa shape index (κ2) is 11.7. The highest BCUT2D eigenvalue weighted by Crippen LogP contribution is 2.31. The number of hydrogen-bond acceptors (Lipinski definition) is 6. The molecule has 7 heteroatoms. The zero-order valence-corrected chi connectivity index (χ0v) is 20.0. The highest BCUT2D eigenvalue weighted by Gasteiger charge is 2.32. The third-order valence-electron chi connectivity index (χ3n) is 6.69. The van der Waals surface area contributed by atoms with Crippen molar-refractivity contribution in [1.29, 1.82) is 0 Å². The van der Waals surface area contributed by atoms with Crippen LogP contribution in [-0.2, 0) is 16.0 Å². The first kappa shape index (κ1) is 24.5. The number of para-hydroxylation sites is 2. The number of rotatable bonds is 9. The summed E-state index contributed by atoms with van der Waals surface area (Å²) in [6.45, 7) is 4.62. The first-order valence-corrected chi connectivity index (χ1v) is 12.2. The van der Waals surface area contributed by atoms with Crippen LogP contribution in [-0.4, -0.2) is 74.3 Å². The topological polar surface area (TPSA) is 74.2 Å². The zero-order chi connectivity index (χ0) is 23.8. The van der Waals surface area contributed by atoms with Gasteiger partial charge in [-0.25, -0.2) is 4.79 Å². The summed E-state index contributed by atoms with van der Waals surface area (Å²) in [7, 11) is 1.39. The summed E-state index contributed by atoms with van der Waals surface area (Å²) < 4.78 is 23.2. The molecule has 1 fully saturated rings. The van der Waals surface area contributed by atoms with Crippen LogP contribution in [0.4, 0.5) is 0 Å². The Kier molecular flexibility index (Phi) is 8.43. The van der Waals surface area contributed by atoms with Gasteiger partial charge in [0, 0.05) is 5.56 Å². The Morgan fingerprint density at radius 2 is 1.76 bits per heavy atom. The second-order valence-corrected chi connectivity index (χ2v) is 9.42. The Bertz CT molecular complexity index is 923. The summed E-state index contributed by atoms with van der Waals surface area (Å²) in [6, 6.07) is 15.3. The van der Waals surface area contributed by atoms with E-state index < -0.39 is 6.10 Å². The average Bonchev–Trinajstić information content (AvgIpc) is 3.09. The fraction of sp³-hybridized carbons (Fsp3) is 0.519. The quantitative estimate of drug-likeness (QED) is 0.446. The molecule has 0 amide bonds. The zero-order valence-electron chi connectivity index (χ0n) is 20.0. The monoisotopic (exact) mass is 470 g/mol. The van der Waals surface area contributed by atoms with Gasteiger partial charge in [0.25, 0.3) is 0 Å². The lowest BCUT2D eigenvalue weighted by Crippen LogP contribution is -2.53. The van der Waals surface area contributed by atoms with Crippen molar-refractivity contribution in [2.75, 3.05) is 46.6 Å². The van der Waals surface area contributed by atoms with E-state index in [9.17, 15) is 9.90 Å². The number of hydrogen-bond donors (Lipinski definition) is 1. The van der Waals surface area contributed by atoms with E-state index in [1.165, 1.54) is 20.0 Å². The standard InChI is InChI=1S/C27H36NO6/c1-31-27(30)22-12-10-21(11-13-22)16-28(14-6-2-3-7-15-28)17-23(29)18-32-19-24-20-33-25-8-4-5-9-26(25)34-24/h4-5,8-13,23-24,29H,2-3,6-7,14-20H2,1H3/q+1/t23-,24-/m1/s1. The van der Waals surface area contributed by atoms with Crippen molar-refractivity contribution in [2.45, 2.75) is 44.4 Å². The number of nitrogens with zero attached hydrogens (tertiary/aromatic N) is 1. The van der Waals surface area contributed by atoms with Gasteiger partial charge in [0.05, 0.1) is 39.0 Å². The van der Waals surface area contributed by atoms with Crippen molar-refractivity contribution < 1.29 is 33.3 Å². The molecule has 1 N–H and O–H groups in total. The Morgan fingerprint density at radius 1 is 1.06 bits per heavy atom. The van der Waals surface area contributed by atoms with Gasteiger partial charge >= 0.3 is 5.97 Å². The van der Waals surface area contributed by atoms with Crippen LogP contribution in [0.5, 0.6) is 11.5 Å². The lowest BCUT2D eigenvalue weighted by atomic mass is 10.1. The number of aliphatic hydroxyl groups is 1. The second-order valence-electron chi connectivity index (χ2n) is 9.42. The van der Waals surface area contributed by atoms with E-state index in [-0.39, 0.29) is 18.7 Å². The summed E-state index contributed by atoms with van der Waals surface area (Å²) in [6.07, 6.45) is 4.02. The molecule has 2 heterocycles. The minimum absolute atomic E-state index is 0.184. The third kappa shape index (κ3) is 6.50. The maximum atomic E-state index is 11.8. The van der Waals surface area contributed by atoms with E-state index in [0.29, 0.717) is 25.3 Å². The van der Waals surface area contributed by atoms with Gasteiger partial charge in [-0.1, -0.05) is 24.3 Å². The van der Waals surface area contributed by atoms with Crippen molar-refractivity contribution in [3.8, 4) is 11.5 Å². The van der Waals surface area contributed by atoms with Crippen molar-refractivity contribution in [2.24, 2.45) is 0 Å². The fourth-order valence-corrected chi connectivity index (χ4v) is 5.00. The molecule has 2 aliphatic heterocycles. The summed E-state index contributed by atoms with van der Waals surface area (Å²) >= 11 is 0. The minimum atomic E-state index is -0.566. The van der Waals surface area contributed by atoms with E-state index in [0.717, 1.165) is 54.0 Å². The molecular weight excluding hydrogens is 434 g/mol. The molecule has 1 saturated heterocycles. The Balaban J connectivity index is 1.32. The molecule has 0 aliphatic carbocycles. The summed E-state index contributed by atoms with van der Waals surface area (Å²) in [5.74, 6) is 1.16. The molecular formula is C27H36NO6+. The number of aliphatic hydroxyl groups excluding tert-OH is 1. The van der Waals surface area contributed by atoms with Crippen molar-refractivity contribution in [1.82, 2.24) is 0 Å². The van der Waals surface area contributed by atoms with Gasteiger partial charge in [0.1, 0.15) is 25.8 Å². The maximum absolute atomic E-state index is 11.8. The van der Waals surface area contributed by atoms with Crippen molar-refractivity contribution in [3.05, 3.63) is 59.7 Å². The molecule has 2 aliphatic rings. The largest absolute Gasteiger partial charge is 0.486 e. The molecule has 34 heavy (non-hydrogen) atoms. The van der Waals surface area contributed by atoms with E-state index in [1.54, 1.807) is 0 Å². The lowest BCUT2D eigenvalue weighted by Gasteiger charge is -2.39. The van der Waals surface area contributed by atoms with Gasteiger partial charge in [-0.05, 0) is 49.9 Å². The van der Waals surface area contributed by atoms with Crippen LogP contribution in [0.2, 0.25) is 0 Å². The molecule has 0 aromatic heterocycles. The Morgan fingerprint density at radius 3 is 2.47 bits per heavy atom. The molecule has 0 radical (unpaired) electrons. The number of methoxy groups -OCH3 is 1. The first-order chi connectivity index (χ1) is 16.6. The molecule has 2 aromatic carbocycles. The van der Waals surface area contributed by atoms with Gasteiger partial charge in [0.15, 0.2) is 17.6 Å². The number of ether oxygens (including phenoxy) is 4. The number of carbonyl (C=O) groups excluding carboxylic acids is 1. The van der Waals surface area contributed by atoms with Gasteiger partial charge in [-0.15, -0.1) is 0 Å². The third-order valence-corrected chi connectivity index (χ3v) is 6.69. The molecule has 0 unspecified atom stereocenters. The van der Waals surface area contributed by atoms with Crippen LogP contribution in [0.3, 0.4) is 0 Å². The van der Waals surface area contributed by atoms with Crippen LogP contribution >= 0.6 is 0 Å². The molecule has 2 atom stereocenters. The van der Waals surface area contributed by atoms with Gasteiger partial charge in [-0.2, -0.15) is 0 Å². The minimum Gasteiger partial charge on any atom is -0.486 e. The number of quaternary nitrogens is 1. The van der Waals surface area contributed by atoms with E-state index in [1.807, 2.05) is 48.5 Å². The van der Waals surface area contributed by atoms with Crippen molar-refractivity contribution >= 4 is 5.97 Å². The summed E-state index contributed by atoms with van der Waals surface area (Å²) in [5.41, 5.74) is 1.72. The van der Waals surface area contributed by atoms with Crippen LogP contribution < -0.4 is 9.47 Å². The lowest BCUT2D eigenvalue weighted by molar-refractivity contribution is -0.943. The molecule has 184 valence electrons. The SMILES string of the molecule is COC(=O)c1ccc(C[N+]2(C[C@@H](O)COC[C@@H]3COc4ccccc4O3)CCCCCC2)cc1. The molecule has 4 rings (SSSR count). The average molecular weight is 471 g/mol. The molecule has 0 spiro atoms. The van der Waals surface area contributed by atoms with E-state index in [2.05, 4.69) is 0 Å². The van der Waals surface area contributed by atoms with Crippen LogP contribution in [0, 0.1) is 0 Å². The van der Waals surface area contributed by atoms with Crippen LogP contribution in [0.25, 0.3) is 0 Å². The predicted octanol–water partition coefficient (Wildman–Crippen LogP) is 3.58. The van der Waals surface area contributed by atoms with Gasteiger partial charge in [-0.3, -0.25) is 0 Å². The molecule has 0 saturated carbocycles. The van der Waals surface area contributed by atoms with Gasteiger partial charge in [0.2, 0.25) is 0 Å². The highest BCUT2D eigenvalue weighted by atomic mass is 16.6. The van der Waals surface area contributed by atoms with Gasteiger partial charge < -0.3 is 28.5 Å². The maximum Gasteiger partial charge on any atom is 0.337 e. The van der Waals surface area contributed by atoms with E-state index in [4.69, 9.17) is 18.9 Å². The number of carbonyl (C=O) groups is 1. The van der Waals surface area contributed by atoms with Crippen LogP contribution in [0.15, 0.2) is 48.5 Å². The van der Waals surface area contributed by atoms with Crippen molar-refractivity contribution in [3.63, 3.8) is 0 Å². The number of benzene rings is 2. The normalized spacial score (nSPS) is 20.2. The Hall–Kier alpha value is -2.61. The van der Waals surface area contributed by atoms with Crippen LogP contribution in [0.1, 0.15) is 41.6 Å². The molecule has 2 aromatic rings. The summed E-state index contributed by atoms with van der Waals surface area (Å²) in [4.78, 5) is 11.8. The summed E-state index contributed by atoms with van der Waals surface area (Å²) in [5, 5.41) is 10.9. The first-order valence-electron chi connectivity index (χ1n) is 12.2. The fourth-order valence-electron chi connectivity index (χ4n) is 5.00. The smallest absolute Gasteiger partial charge is 0.337 e. The molecule has 0 bridgehead atoms. The van der Waals surface area contributed by atoms with E-state index >= 15 is 0 Å². The molecule has 7 nitrogen and oxygen atoms in total. The number of esters is 1.